The van der Waals surface area contributed by atoms with Gasteiger partial charge in [-0.3, -0.25) is 0 Å². The van der Waals surface area contributed by atoms with Gasteiger partial charge in [-0.1, -0.05) is 24.3 Å². The lowest BCUT2D eigenvalue weighted by atomic mass is 10.1. The lowest BCUT2D eigenvalue weighted by molar-refractivity contribution is 0.482. The van der Waals surface area contributed by atoms with Gasteiger partial charge in [-0.05, 0) is 37.1 Å². The highest BCUT2D eigenvalue weighted by Gasteiger charge is 2.15. The van der Waals surface area contributed by atoms with Crippen molar-refractivity contribution >= 4 is 10.0 Å². The number of hydrogen-bond acceptors (Lipinski definition) is 4. The highest BCUT2D eigenvalue weighted by Crippen LogP contribution is 2.13. The number of benzene rings is 1. The van der Waals surface area contributed by atoms with Crippen molar-refractivity contribution in [1.82, 2.24) is 10.0 Å². The van der Waals surface area contributed by atoms with Crippen LogP contribution in [-0.2, 0) is 28.9 Å². The molecule has 2 N–H and O–H groups in total. The highest BCUT2D eigenvalue weighted by molar-refractivity contribution is 7.88. The van der Waals surface area contributed by atoms with Crippen LogP contribution < -0.4 is 10.0 Å². The Kier molecular flexibility index (Phi) is 5.76. The number of nitrogens with one attached hydrogen (secondary N) is 2. The van der Waals surface area contributed by atoms with Crippen LogP contribution in [0.2, 0.25) is 0 Å². The summed E-state index contributed by atoms with van der Waals surface area (Å²) < 4.78 is 32.0. The Hall–Kier alpha value is -1.63. The maximum absolute atomic E-state index is 12.1. The molecule has 0 aliphatic rings. The van der Waals surface area contributed by atoms with E-state index in [9.17, 15) is 8.42 Å². The van der Waals surface area contributed by atoms with Gasteiger partial charge in [-0.25, -0.2) is 13.1 Å². The predicted molar refractivity (Wildman–Crippen MR) is 86.6 cm³/mol. The highest BCUT2D eigenvalue weighted by atomic mass is 32.2. The Morgan fingerprint density at radius 3 is 2.41 bits per heavy atom. The van der Waals surface area contributed by atoms with Gasteiger partial charge in [0.15, 0.2) is 0 Å². The smallest absolute Gasteiger partial charge is 0.216 e. The summed E-state index contributed by atoms with van der Waals surface area (Å²) in [6.07, 6.45) is 1.63. The van der Waals surface area contributed by atoms with Crippen LogP contribution in [0.4, 0.5) is 0 Å². The molecule has 0 aliphatic heterocycles. The minimum atomic E-state index is -3.32. The first-order chi connectivity index (χ1) is 10.5. The zero-order valence-electron chi connectivity index (χ0n) is 12.9. The first-order valence-corrected chi connectivity index (χ1v) is 8.91. The number of sulfonamides is 1. The van der Waals surface area contributed by atoms with Gasteiger partial charge in [0, 0.05) is 12.6 Å². The molecule has 0 bridgehead atoms. The number of rotatable bonds is 8. The molecule has 0 atom stereocenters. The summed E-state index contributed by atoms with van der Waals surface area (Å²) in [6.45, 7) is 4.83. The molecule has 120 valence electrons. The average Bonchev–Trinajstić information content (AvgIpc) is 2.92. The van der Waals surface area contributed by atoms with Crippen LogP contribution in [0.1, 0.15) is 30.7 Å². The Bertz CT molecular complexity index is 679. The van der Waals surface area contributed by atoms with E-state index in [1.807, 2.05) is 50.2 Å². The molecule has 5 nitrogen and oxygen atoms in total. The Balaban J connectivity index is 2.00. The van der Waals surface area contributed by atoms with E-state index in [0.29, 0.717) is 13.1 Å². The van der Waals surface area contributed by atoms with Crippen molar-refractivity contribution < 1.29 is 12.8 Å². The molecular weight excluding hydrogens is 300 g/mol. The van der Waals surface area contributed by atoms with E-state index < -0.39 is 10.0 Å². The van der Waals surface area contributed by atoms with Gasteiger partial charge in [0.25, 0.3) is 0 Å². The minimum Gasteiger partial charge on any atom is -0.468 e. The van der Waals surface area contributed by atoms with Crippen molar-refractivity contribution in [2.45, 2.75) is 38.7 Å². The summed E-state index contributed by atoms with van der Waals surface area (Å²) in [4.78, 5) is 0. The molecule has 1 aromatic carbocycles. The lowest BCUT2D eigenvalue weighted by Crippen LogP contribution is -2.31. The van der Waals surface area contributed by atoms with Crippen LogP contribution in [0.15, 0.2) is 47.1 Å². The quantitative estimate of drug-likeness (QED) is 0.783. The van der Waals surface area contributed by atoms with Gasteiger partial charge in [0.05, 0.1) is 18.6 Å². The van der Waals surface area contributed by atoms with E-state index in [4.69, 9.17) is 4.42 Å². The molecular formula is C16H22N2O3S. The SMILES string of the molecule is CC(C)NS(=O)(=O)Cc1ccccc1CNCc1ccco1. The molecule has 0 fully saturated rings. The summed E-state index contributed by atoms with van der Waals surface area (Å²) in [5.41, 5.74) is 1.78. The molecule has 1 aromatic heterocycles. The second-order valence-corrected chi connectivity index (χ2v) is 7.24. The zero-order chi connectivity index (χ0) is 16.0. The van der Waals surface area contributed by atoms with E-state index in [-0.39, 0.29) is 11.8 Å². The van der Waals surface area contributed by atoms with Crippen molar-refractivity contribution in [3.05, 3.63) is 59.5 Å². The van der Waals surface area contributed by atoms with Crippen molar-refractivity contribution in [3.63, 3.8) is 0 Å². The van der Waals surface area contributed by atoms with Crippen LogP contribution >= 0.6 is 0 Å². The van der Waals surface area contributed by atoms with Crippen LogP contribution in [-0.4, -0.2) is 14.5 Å². The maximum Gasteiger partial charge on any atom is 0.216 e. The van der Waals surface area contributed by atoms with Crippen molar-refractivity contribution in [2.24, 2.45) is 0 Å². The molecule has 22 heavy (non-hydrogen) atoms. The molecule has 0 radical (unpaired) electrons. The maximum atomic E-state index is 12.1. The molecule has 2 aromatic rings. The van der Waals surface area contributed by atoms with Gasteiger partial charge >= 0.3 is 0 Å². The van der Waals surface area contributed by atoms with E-state index in [2.05, 4.69) is 10.0 Å². The first kappa shape index (κ1) is 16.7. The summed E-state index contributed by atoms with van der Waals surface area (Å²) in [5.74, 6) is 0.843. The third kappa shape index (κ3) is 5.29. The van der Waals surface area contributed by atoms with E-state index in [1.54, 1.807) is 6.26 Å². The van der Waals surface area contributed by atoms with Gasteiger partial charge in [-0.15, -0.1) is 0 Å². The largest absolute Gasteiger partial charge is 0.468 e. The van der Waals surface area contributed by atoms with Crippen LogP contribution in [0, 0.1) is 0 Å². The van der Waals surface area contributed by atoms with Crippen LogP contribution in [0.25, 0.3) is 0 Å². The van der Waals surface area contributed by atoms with Gasteiger partial charge < -0.3 is 9.73 Å². The van der Waals surface area contributed by atoms with Crippen molar-refractivity contribution in [2.75, 3.05) is 0 Å². The Labute approximate surface area is 131 Å². The molecule has 0 aliphatic carbocycles. The summed E-state index contributed by atoms with van der Waals surface area (Å²) >= 11 is 0. The summed E-state index contributed by atoms with van der Waals surface area (Å²) in [7, 11) is -3.32. The predicted octanol–water partition coefficient (Wildman–Crippen LogP) is 2.40. The Morgan fingerprint density at radius 2 is 1.77 bits per heavy atom. The molecule has 0 spiro atoms. The normalized spacial score (nSPS) is 12.0. The molecule has 1 heterocycles. The molecule has 0 amide bonds. The van der Waals surface area contributed by atoms with E-state index in [0.717, 1.165) is 16.9 Å². The third-order valence-electron chi connectivity index (χ3n) is 3.07. The second kappa shape index (κ2) is 7.58. The summed E-state index contributed by atoms with van der Waals surface area (Å²) in [6, 6.07) is 11.2. The van der Waals surface area contributed by atoms with Crippen LogP contribution in [0.5, 0.6) is 0 Å². The third-order valence-corrected chi connectivity index (χ3v) is 4.60. The second-order valence-electron chi connectivity index (χ2n) is 5.48. The van der Waals surface area contributed by atoms with Gasteiger partial charge in [0.2, 0.25) is 10.0 Å². The molecule has 0 unspecified atom stereocenters. The zero-order valence-corrected chi connectivity index (χ0v) is 13.7. The minimum absolute atomic E-state index is 0.0101. The molecule has 0 saturated heterocycles. The first-order valence-electron chi connectivity index (χ1n) is 7.26. The fourth-order valence-corrected chi connectivity index (χ4v) is 3.70. The van der Waals surface area contributed by atoms with E-state index >= 15 is 0 Å². The van der Waals surface area contributed by atoms with Crippen molar-refractivity contribution in [3.8, 4) is 0 Å². The van der Waals surface area contributed by atoms with E-state index in [1.165, 1.54) is 0 Å². The topological polar surface area (TPSA) is 71.3 Å². The number of hydrogen-bond donors (Lipinski definition) is 2. The molecule has 0 saturated carbocycles. The van der Waals surface area contributed by atoms with Gasteiger partial charge in [0.1, 0.15) is 5.76 Å². The molecule has 2 rings (SSSR count). The fourth-order valence-electron chi connectivity index (χ4n) is 2.21. The lowest BCUT2D eigenvalue weighted by Gasteiger charge is -2.13. The average molecular weight is 322 g/mol. The van der Waals surface area contributed by atoms with Crippen LogP contribution in [0.3, 0.4) is 0 Å². The standard InChI is InChI=1S/C16H22N2O3S/c1-13(2)18-22(19,20)12-15-7-4-3-6-14(15)10-17-11-16-8-5-9-21-16/h3-9,13,17-18H,10-12H2,1-2H3. The number of furan rings is 1. The Morgan fingerprint density at radius 1 is 1.05 bits per heavy atom. The summed E-state index contributed by atoms with van der Waals surface area (Å²) in [5, 5.41) is 3.26. The monoisotopic (exact) mass is 322 g/mol. The molecule has 6 heteroatoms. The van der Waals surface area contributed by atoms with Crippen molar-refractivity contribution in [1.29, 1.82) is 0 Å². The fraction of sp³-hybridized carbons (Fsp3) is 0.375. The van der Waals surface area contributed by atoms with Gasteiger partial charge in [-0.2, -0.15) is 0 Å².